The van der Waals surface area contributed by atoms with Gasteiger partial charge in [-0.1, -0.05) is 47.6 Å². The maximum Gasteiger partial charge on any atom is 0.201 e. The Morgan fingerprint density at radius 1 is 1.09 bits per heavy atom. The second kappa shape index (κ2) is 7.31. The quantitative estimate of drug-likeness (QED) is 0.400. The van der Waals surface area contributed by atoms with Gasteiger partial charge < -0.3 is 5.11 Å². The number of carbonyl (C=O) groups is 3. The van der Waals surface area contributed by atoms with Crippen molar-refractivity contribution in [2.45, 2.75) is 48.0 Å². The fourth-order valence-electron chi connectivity index (χ4n) is 2.18. The Morgan fingerprint density at radius 2 is 1.65 bits per heavy atom. The van der Waals surface area contributed by atoms with E-state index in [1.165, 1.54) is 0 Å². The van der Waals surface area contributed by atoms with Crippen molar-refractivity contribution in [2.75, 3.05) is 6.16 Å². The lowest BCUT2D eigenvalue weighted by molar-refractivity contribution is -0.119. The molecule has 0 saturated carbocycles. The van der Waals surface area contributed by atoms with E-state index in [1.807, 2.05) is 47.6 Å². The van der Waals surface area contributed by atoms with E-state index in [9.17, 15) is 19.5 Å². The lowest BCUT2D eigenvalue weighted by atomic mass is 9.86. The molecule has 0 bridgehead atoms. The smallest absolute Gasteiger partial charge is 0.201 e. The Kier molecular flexibility index (Phi) is 6.39. The summed E-state index contributed by atoms with van der Waals surface area (Å²) in [4.78, 5) is 33.8. The molecule has 0 amide bonds. The van der Waals surface area contributed by atoms with Gasteiger partial charge in [0, 0.05) is 11.7 Å². The summed E-state index contributed by atoms with van der Waals surface area (Å²) in [5.74, 6) is 0.278. The van der Waals surface area contributed by atoms with Gasteiger partial charge in [-0.05, 0) is 31.2 Å². The Bertz CT molecular complexity index is 589. The van der Waals surface area contributed by atoms with Crippen LogP contribution in [0.3, 0.4) is 0 Å². The number of hydrogen-bond donors (Lipinski definition) is 1. The number of aliphatic hydroxyl groups excluding tert-OH is 1. The molecule has 0 aromatic heterocycles. The number of thioether (sulfide) groups is 1. The van der Waals surface area contributed by atoms with E-state index in [0.29, 0.717) is 22.4 Å². The van der Waals surface area contributed by atoms with Crippen molar-refractivity contribution in [1.82, 2.24) is 0 Å². The van der Waals surface area contributed by atoms with E-state index in [4.69, 9.17) is 0 Å². The van der Waals surface area contributed by atoms with Gasteiger partial charge in [-0.15, -0.1) is 0 Å². The molecule has 0 aromatic rings. The van der Waals surface area contributed by atoms with Gasteiger partial charge in [0.25, 0.3) is 0 Å². The fraction of sp³-hybridized carbons (Fsp3) is 0.588. The molecule has 2 rings (SSSR count). The maximum atomic E-state index is 11.2. The summed E-state index contributed by atoms with van der Waals surface area (Å²) in [7, 11) is 0.254. The molecule has 2 aliphatic rings. The molecule has 6 heteroatoms. The zero-order valence-electron chi connectivity index (χ0n) is 14.6. The lowest BCUT2D eigenvalue weighted by Crippen LogP contribution is -2.14. The van der Waals surface area contributed by atoms with Gasteiger partial charge in [-0.3, -0.25) is 14.4 Å². The number of carbonyl (C=O) groups excluding carboxylic acids is 3. The minimum atomic E-state index is -0.190. The van der Waals surface area contributed by atoms with Gasteiger partial charge in [0.05, 0.1) is 11.3 Å². The van der Waals surface area contributed by atoms with Crippen LogP contribution in [0.15, 0.2) is 22.3 Å². The van der Waals surface area contributed by atoms with Crippen LogP contribution in [0.2, 0.25) is 0 Å². The van der Waals surface area contributed by atoms with Crippen LogP contribution in [-0.4, -0.2) is 27.7 Å². The van der Waals surface area contributed by atoms with Crippen LogP contribution >= 0.6 is 20.3 Å². The summed E-state index contributed by atoms with van der Waals surface area (Å²) in [5, 5.41) is 9.33. The largest absolute Gasteiger partial charge is 0.511 e. The molecular weight excluding hydrogens is 331 g/mol. The summed E-state index contributed by atoms with van der Waals surface area (Å²) in [6.45, 7) is 11.9. The van der Waals surface area contributed by atoms with Crippen molar-refractivity contribution >= 4 is 36.8 Å². The number of allylic oxidation sites excluding steroid dienone is 4. The first-order chi connectivity index (χ1) is 10.3. The number of aliphatic hydroxyl groups is 1. The number of ketones is 1. The fourth-order valence-corrected chi connectivity index (χ4v) is 4.43. The Labute approximate surface area is 144 Å². The molecule has 0 spiro atoms. The molecule has 0 radical (unpaired) electrons. The van der Waals surface area contributed by atoms with Crippen molar-refractivity contribution in [2.24, 2.45) is 10.8 Å². The summed E-state index contributed by atoms with van der Waals surface area (Å²) in [6, 6.07) is 0. The molecule has 1 atom stereocenters. The third-order valence-electron chi connectivity index (χ3n) is 3.05. The maximum absolute atomic E-state index is 11.2. The SMILES string of the molecule is CC(C)(C)C1=C(O)CPC1=O.CC(C)(C)C=C1SC(=O)CC1=O. The predicted molar refractivity (Wildman–Crippen MR) is 97.1 cm³/mol. The van der Waals surface area contributed by atoms with Crippen LogP contribution in [0, 0.1) is 10.8 Å². The third-order valence-corrected chi connectivity index (χ3v) is 5.07. The Morgan fingerprint density at radius 3 is 1.91 bits per heavy atom. The monoisotopic (exact) mass is 356 g/mol. The van der Waals surface area contributed by atoms with Crippen LogP contribution < -0.4 is 0 Å². The van der Waals surface area contributed by atoms with Crippen LogP contribution in [0.1, 0.15) is 48.0 Å². The molecule has 2 heterocycles. The third kappa shape index (κ3) is 6.23. The molecule has 128 valence electrons. The predicted octanol–water partition coefficient (Wildman–Crippen LogP) is 4.21. The lowest BCUT2D eigenvalue weighted by Gasteiger charge is -2.18. The average Bonchev–Trinajstić information content (AvgIpc) is 2.80. The molecule has 4 nitrogen and oxygen atoms in total. The van der Waals surface area contributed by atoms with Gasteiger partial charge in [-0.2, -0.15) is 0 Å². The Hall–Kier alpha value is -0.930. The van der Waals surface area contributed by atoms with Gasteiger partial charge in [0.15, 0.2) is 11.3 Å². The zero-order valence-corrected chi connectivity index (χ0v) is 16.4. The minimum absolute atomic E-state index is 0.0252. The second-order valence-corrected chi connectivity index (χ2v) is 9.96. The highest BCUT2D eigenvalue weighted by molar-refractivity contribution is 8.18. The first-order valence-corrected chi connectivity index (χ1v) is 9.51. The molecule has 0 aliphatic carbocycles. The molecule has 23 heavy (non-hydrogen) atoms. The second-order valence-electron chi connectivity index (χ2n) is 7.70. The molecule has 1 N–H and O–H groups in total. The average molecular weight is 356 g/mol. The van der Waals surface area contributed by atoms with Crippen molar-refractivity contribution in [3.8, 4) is 0 Å². The number of rotatable bonds is 0. The normalized spacial score (nSPS) is 22.2. The summed E-state index contributed by atoms with van der Waals surface area (Å²) in [5.41, 5.74) is 0.554. The molecule has 1 fully saturated rings. The first kappa shape index (κ1) is 20.1. The molecule has 1 saturated heterocycles. The van der Waals surface area contributed by atoms with E-state index in [0.717, 1.165) is 11.8 Å². The van der Waals surface area contributed by atoms with Crippen molar-refractivity contribution in [3.05, 3.63) is 22.3 Å². The molecular formula is C17H25O4PS. The van der Waals surface area contributed by atoms with Crippen molar-refractivity contribution < 1.29 is 19.5 Å². The van der Waals surface area contributed by atoms with Gasteiger partial charge in [0.2, 0.25) is 5.12 Å². The van der Waals surface area contributed by atoms with E-state index in [2.05, 4.69) is 0 Å². The van der Waals surface area contributed by atoms with Gasteiger partial charge >= 0.3 is 0 Å². The van der Waals surface area contributed by atoms with Crippen LogP contribution in [0.25, 0.3) is 0 Å². The highest BCUT2D eigenvalue weighted by atomic mass is 32.2. The summed E-state index contributed by atoms with van der Waals surface area (Å²) in [6.07, 6.45) is 2.50. The topological polar surface area (TPSA) is 71.4 Å². The van der Waals surface area contributed by atoms with Gasteiger partial charge in [-0.25, -0.2) is 0 Å². The highest BCUT2D eigenvalue weighted by Crippen LogP contribution is 2.40. The molecule has 2 aliphatic heterocycles. The van der Waals surface area contributed by atoms with Crippen LogP contribution in [0.5, 0.6) is 0 Å². The van der Waals surface area contributed by atoms with E-state index in [1.54, 1.807) is 0 Å². The zero-order chi connectivity index (χ0) is 18.0. The summed E-state index contributed by atoms with van der Waals surface area (Å²) >= 11 is 1.07. The van der Waals surface area contributed by atoms with E-state index in [-0.39, 0.29) is 42.3 Å². The van der Waals surface area contributed by atoms with E-state index < -0.39 is 0 Å². The standard InChI is InChI=1S/C9H12O2S.C8H13O2P/c1-9(2,3)5-7-6(10)4-8(11)12-7;1-8(2,3)6-5(9)4-11-7(6)10/h5H,4H2,1-3H3;9,11H,4H2,1-3H3. The van der Waals surface area contributed by atoms with Crippen molar-refractivity contribution in [3.63, 3.8) is 0 Å². The van der Waals surface area contributed by atoms with Crippen molar-refractivity contribution in [1.29, 1.82) is 0 Å². The minimum Gasteiger partial charge on any atom is -0.511 e. The van der Waals surface area contributed by atoms with Gasteiger partial charge in [0.1, 0.15) is 5.76 Å². The number of hydrogen-bond acceptors (Lipinski definition) is 5. The Balaban J connectivity index is 0.000000231. The van der Waals surface area contributed by atoms with Crippen LogP contribution in [-0.2, 0) is 14.4 Å². The number of Topliss-reactive ketones (excluding diaryl/α,β-unsaturated/α-hetero) is 1. The van der Waals surface area contributed by atoms with Crippen LogP contribution in [0.4, 0.5) is 0 Å². The molecule has 1 unspecified atom stereocenters. The first-order valence-electron chi connectivity index (χ1n) is 7.49. The summed E-state index contributed by atoms with van der Waals surface area (Å²) < 4.78 is 0. The highest BCUT2D eigenvalue weighted by Gasteiger charge is 2.31. The van der Waals surface area contributed by atoms with E-state index >= 15 is 0 Å². The molecule has 0 aromatic carbocycles.